The first-order valence-corrected chi connectivity index (χ1v) is 5.26. The largest absolute Gasteiger partial charge is 0.309 e. The molecule has 17 heavy (non-hydrogen) atoms. The van der Waals surface area contributed by atoms with Crippen molar-refractivity contribution in [3.05, 3.63) is 46.5 Å². The Kier molecular flexibility index (Phi) is 4.80. The van der Waals surface area contributed by atoms with Gasteiger partial charge in [0.2, 0.25) is 0 Å². The number of allylic oxidation sites excluding steroid dienone is 1. The Labute approximate surface area is 99.6 Å². The van der Waals surface area contributed by atoms with E-state index in [-0.39, 0.29) is 17.7 Å². The van der Waals surface area contributed by atoms with Crippen molar-refractivity contribution < 1.29 is 8.78 Å². The standard InChI is InChI=1S/C13H14F2N2/c1-9(2)3-4-17-8-11-12(14)5-10(7-16)6-13(11)15/h3,5-6,17H,4,8H2,1-2H3. The van der Waals surface area contributed by atoms with Crippen molar-refractivity contribution in [1.82, 2.24) is 5.32 Å². The summed E-state index contributed by atoms with van der Waals surface area (Å²) in [6, 6.07) is 3.79. The van der Waals surface area contributed by atoms with Crippen molar-refractivity contribution in [3.8, 4) is 6.07 Å². The van der Waals surface area contributed by atoms with Crippen LogP contribution in [0.2, 0.25) is 0 Å². The maximum atomic E-state index is 13.4. The van der Waals surface area contributed by atoms with Crippen LogP contribution in [0.25, 0.3) is 0 Å². The van der Waals surface area contributed by atoms with Gasteiger partial charge < -0.3 is 5.32 Å². The molecule has 0 heterocycles. The van der Waals surface area contributed by atoms with E-state index in [1.807, 2.05) is 19.9 Å². The number of nitrogens with one attached hydrogen (secondary N) is 1. The molecule has 90 valence electrons. The highest BCUT2D eigenvalue weighted by Crippen LogP contribution is 2.14. The first-order chi connectivity index (χ1) is 8.04. The molecule has 0 aliphatic carbocycles. The number of hydrogen-bond donors (Lipinski definition) is 1. The molecule has 0 fully saturated rings. The topological polar surface area (TPSA) is 35.8 Å². The predicted molar refractivity (Wildman–Crippen MR) is 62.2 cm³/mol. The van der Waals surface area contributed by atoms with Crippen LogP contribution in [-0.4, -0.2) is 6.54 Å². The van der Waals surface area contributed by atoms with Gasteiger partial charge in [-0.05, 0) is 26.0 Å². The van der Waals surface area contributed by atoms with Crippen LogP contribution in [0, 0.1) is 23.0 Å². The van der Waals surface area contributed by atoms with Gasteiger partial charge in [-0.1, -0.05) is 11.6 Å². The van der Waals surface area contributed by atoms with E-state index in [0.717, 1.165) is 17.7 Å². The molecule has 4 heteroatoms. The minimum atomic E-state index is -0.689. The molecule has 0 amide bonds. The van der Waals surface area contributed by atoms with Gasteiger partial charge in [-0.3, -0.25) is 0 Å². The number of nitriles is 1. The van der Waals surface area contributed by atoms with E-state index in [2.05, 4.69) is 5.32 Å². The molecule has 0 radical (unpaired) electrons. The molecule has 0 unspecified atom stereocenters. The number of halogens is 2. The lowest BCUT2D eigenvalue weighted by Gasteiger charge is -2.06. The van der Waals surface area contributed by atoms with Gasteiger partial charge in [0.25, 0.3) is 0 Å². The van der Waals surface area contributed by atoms with Gasteiger partial charge in [0, 0.05) is 18.7 Å². The Morgan fingerprint density at radius 3 is 2.41 bits per heavy atom. The predicted octanol–water partition coefficient (Wildman–Crippen LogP) is 2.89. The SMILES string of the molecule is CC(C)=CCNCc1c(F)cc(C#N)cc1F. The second-order valence-electron chi connectivity index (χ2n) is 3.94. The van der Waals surface area contributed by atoms with E-state index >= 15 is 0 Å². The van der Waals surface area contributed by atoms with E-state index < -0.39 is 11.6 Å². The summed E-state index contributed by atoms with van der Waals surface area (Å²) in [7, 11) is 0. The van der Waals surface area contributed by atoms with E-state index in [1.165, 1.54) is 0 Å². The number of nitrogens with zero attached hydrogens (tertiary/aromatic N) is 1. The fourth-order valence-electron chi connectivity index (χ4n) is 1.31. The lowest BCUT2D eigenvalue weighted by molar-refractivity contribution is 0.541. The van der Waals surface area contributed by atoms with Crippen LogP contribution in [-0.2, 0) is 6.54 Å². The lowest BCUT2D eigenvalue weighted by Crippen LogP contribution is -2.15. The molecule has 0 spiro atoms. The second-order valence-corrected chi connectivity index (χ2v) is 3.94. The summed E-state index contributed by atoms with van der Waals surface area (Å²) < 4.78 is 26.9. The first-order valence-electron chi connectivity index (χ1n) is 5.26. The lowest BCUT2D eigenvalue weighted by atomic mass is 10.1. The third-order valence-corrected chi connectivity index (χ3v) is 2.23. The zero-order valence-corrected chi connectivity index (χ0v) is 9.85. The maximum absolute atomic E-state index is 13.4. The summed E-state index contributed by atoms with van der Waals surface area (Å²) in [5.74, 6) is -1.38. The molecule has 1 N–H and O–H groups in total. The molecular weight excluding hydrogens is 222 g/mol. The van der Waals surface area contributed by atoms with Crippen molar-refractivity contribution in [2.75, 3.05) is 6.54 Å². The minimum Gasteiger partial charge on any atom is -0.309 e. The molecule has 1 aromatic carbocycles. The highest BCUT2D eigenvalue weighted by Gasteiger charge is 2.10. The van der Waals surface area contributed by atoms with Gasteiger partial charge in [0.05, 0.1) is 11.6 Å². The van der Waals surface area contributed by atoms with Gasteiger partial charge in [-0.2, -0.15) is 5.26 Å². The Morgan fingerprint density at radius 2 is 1.94 bits per heavy atom. The zero-order valence-electron chi connectivity index (χ0n) is 9.85. The smallest absolute Gasteiger partial charge is 0.131 e. The summed E-state index contributed by atoms with van der Waals surface area (Å²) in [5, 5.41) is 11.5. The Hall–Kier alpha value is -1.73. The molecule has 2 nitrogen and oxygen atoms in total. The highest BCUT2D eigenvalue weighted by molar-refractivity contribution is 5.34. The fourth-order valence-corrected chi connectivity index (χ4v) is 1.31. The molecule has 1 aromatic rings. The number of benzene rings is 1. The van der Waals surface area contributed by atoms with Crippen LogP contribution in [0.1, 0.15) is 25.0 Å². The summed E-state index contributed by atoms with van der Waals surface area (Å²) >= 11 is 0. The van der Waals surface area contributed by atoms with Crippen LogP contribution in [0.5, 0.6) is 0 Å². The van der Waals surface area contributed by atoms with Gasteiger partial charge in [-0.25, -0.2) is 8.78 Å². The minimum absolute atomic E-state index is 0.00644. The average Bonchev–Trinajstić information content (AvgIpc) is 2.26. The highest BCUT2D eigenvalue weighted by atomic mass is 19.1. The molecule has 0 aliphatic heterocycles. The summed E-state index contributed by atoms with van der Waals surface area (Å²) in [6.45, 7) is 4.56. The second kappa shape index (κ2) is 6.12. The molecule has 0 atom stereocenters. The van der Waals surface area contributed by atoms with Crippen LogP contribution >= 0.6 is 0 Å². The average molecular weight is 236 g/mol. The van der Waals surface area contributed by atoms with E-state index in [0.29, 0.717) is 6.54 Å². The molecular formula is C13H14F2N2. The Bertz CT molecular complexity index is 446. The van der Waals surface area contributed by atoms with Crippen molar-refractivity contribution in [2.24, 2.45) is 0 Å². The monoisotopic (exact) mass is 236 g/mol. The maximum Gasteiger partial charge on any atom is 0.131 e. The van der Waals surface area contributed by atoms with Crippen molar-refractivity contribution >= 4 is 0 Å². The van der Waals surface area contributed by atoms with Crippen molar-refractivity contribution in [3.63, 3.8) is 0 Å². The van der Waals surface area contributed by atoms with Crippen molar-refractivity contribution in [2.45, 2.75) is 20.4 Å². The van der Waals surface area contributed by atoms with Crippen LogP contribution in [0.3, 0.4) is 0 Å². The Balaban J connectivity index is 2.72. The molecule has 0 bridgehead atoms. The molecule has 0 saturated heterocycles. The normalized spacial score (nSPS) is 9.82. The summed E-state index contributed by atoms with van der Waals surface area (Å²) in [6.07, 6.45) is 1.93. The number of hydrogen-bond acceptors (Lipinski definition) is 2. The first kappa shape index (κ1) is 13.3. The van der Waals surface area contributed by atoms with Crippen molar-refractivity contribution in [1.29, 1.82) is 5.26 Å². The van der Waals surface area contributed by atoms with E-state index in [9.17, 15) is 8.78 Å². The quantitative estimate of drug-likeness (QED) is 0.644. The van der Waals surface area contributed by atoms with Gasteiger partial charge in [0.1, 0.15) is 11.6 Å². The third kappa shape index (κ3) is 3.97. The van der Waals surface area contributed by atoms with Gasteiger partial charge >= 0.3 is 0 Å². The fraction of sp³-hybridized carbons (Fsp3) is 0.308. The van der Waals surface area contributed by atoms with Crippen LogP contribution in [0.15, 0.2) is 23.8 Å². The molecule has 1 rings (SSSR count). The van der Waals surface area contributed by atoms with E-state index in [4.69, 9.17) is 5.26 Å². The van der Waals surface area contributed by atoms with Crippen LogP contribution in [0.4, 0.5) is 8.78 Å². The number of rotatable bonds is 4. The molecule has 0 aromatic heterocycles. The van der Waals surface area contributed by atoms with Gasteiger partial charge in [-0.15, -0.1) is 0 Å². The Morgan fingerprint density at radius 1 is 1.35 bits per heavy atom. The van der Waals surface area contributed by atoms with Gasteiger partial charge in [0.15, 0.2) is 0 Å². The molecule has 0 aliphatic rings. The zero-order chi connectivity index (χ0) is 12.8. The summed E-state index contributed by atoms with van der Waals surface area (Å²) in [4.78, 5) is 0. The van der Waals surface area contributed by atoms with E-state index in [1.54, 1.807) is 6.07 Å². The summed E-state index contributed by atoms with van der Waals surface area (Å²) in [5.41, 5.74) is 1.09. The third-order valence-electron chi connectivity index (χ3n) is 2.23. The molecule has 0 saturated carbocycles. The van der Waals surface area contributed by atoms with Crippen LogP contribution < -0.4 is 5.32 Å².